The predicted molar refractivity (Wildman–Crippen MR) is 49.0 cm³/mol. The Morgan fingerprint density at radius 2 is 1.80 bits per heavy atom. The van der Waals surface area contributed by atoms with Crippen molar-refractivity contribution < 1.29 is 33.7 Å². The number of aliphatic hydroxyl groups excluding tert-OH is 2. The summed E-state index contributed by atoms with van der Waals surface area (Å²) < 4.78 is 20.3. The van der Waals surface area contributed by atoms with E-state index >= 15 is 0 Å². The van der Waals surface area contributed by atoms with Gasteiger partial charge >= 0.3 is 13.6 Å². The second kappa shape index (κ2) is 6.89. The standard InChI is InChI=1S/C6H14NO7P/c7-5(6(10)11)1-2-15(12,13-3-8)14-4-9/h5,8-9H,1-4,7H2,(H,10,11)/t5-/m0/s1. The van der Waals surface area contributed by atoms with Gasteiger partial charge in [-0.1, -0.05) is 0 Å². The third kappa shape index (κ3) is 5.83. The van der Waals surface area contributed by atoms with Crippen LogP contribution in [-0.2, 0) is 18.4 Å². The lowest BCUT2D eigenvalue weighted by molar-refractivity contribution is -0.138. The predicted octanol–water partition coefficient (Wildman–Crippen LogP) is -1.09. The van der Waals surface area contributed by atoms with E-state index in [0.29, 0.717) is 0 Å². The van der Waals surface area contributed by atoms with Crippen LogP contribution in [0.4, 0.5) is 0 Å². The van der Waals surface area contributed by atoms with Gasteiger partial charge in [-0.05, 0) is 6.42 Å². The molecular weight excluding hydrogens is 229 g/mol. The average molecular weight is 243 g/mol. The fraction of sp³-hybridized carbons (Fsp3) is 0.833. The van der Waals surface area contributed by atoms with E-state index < -0.39 is 33.2 Å². The van der Waals surface area contributed by atoms with Crippen molar-refractivity contribution >= 4 is 13.6 Å². The minimum absolute atomic E-state index is 0.146. The van der Waals surface area contributed by atoms with E-state index in [2.05, 4.69) is 9.05 Å². The molecule has 1 atom stereocenters. The first kappa shape index (κ1) is 14.5. The van der Waals surface area contributed by atoms with E-state index in [4.69, 9.17) is 21.1 Å². The molecule has 0 aliphatic carbocycles. The lowest BCUT2D eigenvalue weighted by Gasteiger charge is -2.16. The van der Waals surface area contributed by atoms with Crippen LogP contribution < -0.4 is 5.73 Å². The second-order valence-corrected chi connectivity index (χ2v) is 4.77. The first-order valence-corrected chi connectivity index (χ1v) is 5.76. The van der Waals surface area contributed by atoms with Crippen molar-refractivity contribution in [3.05, 3.63) is 0 Å². The van der Waals surface area contributed by atoms with Crippen molar-refractivity contribution in [3.8, 4) is 0 Å². The first-order chi connectivity index (χ1) is 6.95. The summed E-state index contributed by atoms with van der Waals surface area (Å²) in [4.78, 5) is 10.3. The molecule has 0 aromatic rings. The van der Waals surface area contributed by atoms with Crippen molar-refractivity contribution in [2.24, 2.45) is 5.73 Å². The monoisotopic (exact) mass is 243 g/mol. The zero-order valence-electron chi connectivity index (χ0n) is 7.90. The number of carboxylic acids is 1. The van der Waals surface area contributed by atoms with Crippen molar-refractivity contribution in [2.75, 3.05) is 19.7 Å². The SMILES string of the molecule is N[C@@H](CCP(=O)(OCO)OCO)C(=O)O. The summed E-state index contributed by atoms with van der Waals surface area (Å²) in [6, 6.07) is -1.19. The van der Waals surface area contributed by atoms with Gasteiger partial charge in [0, 0.05) is 0 Å². The Hall–Kier alpha value is -0.500. The first-order valence-electron chi connectivity index (χ1n) is 4.03. The number of aliphatic hydroxyl groups is 2. The average Bonchev–Trinajstić information content (AvgIpc) is 2.15. The molecule has 15 heavy (non-hydrogen) atoms. The summed E-state index contributed by atoms with van der Waals surface area (Å²) in [6.45, 7) is -1.70. The molecule has 0 fully saturated rings. The van der Waals surface area contributed by atoms with Gasteiger partial charge in [0.15, 0.2) is 13.6 Å². The van der Waals surface area contributed by atoms with Gasteiger partial charge in [-0.3, -0.25) is 18.4 Å². The Balaban J connectivity index is 4.18. The van der Waals surface area contributed by atoms with Gasteiger partial charge in [-0.25, -0.2) is 0 Å². The number of rotatable bonds is 8. The van der Waals surface area contributed by atoms with Crippen LogP contribution in [0.1, 0.15) is 6.42 Å². The Morgan fingerprint density at radius 3 is 2.13 bits per heavy atom. The molecule has 0 saturated carbocycles. The number of carbonyl (C=O) groups is 1. The molecular formula is C6H14NO7P. The maximum Gasteiger partial charge on any atom is 0.334 e. The summed E-state index contributed by atoms with van der Waals surface area (Å²) in [7, 11) is -3.66. The van der Waals surface area contributed by atoms with E-state index in [1.807, 2.05) is 0 Å². The van der Waals surface area contributed by atoms with Crippen LogP contribution in [0.5, 0.6) is 0 Å². The molecule has 9 heteroatoms. The van der Waals surface area contributed by atoms with Gasteiger partial charge in [-0.2, -0.15) is 0 Å². The number of aliphatic carboxylic acids is 1. The van der Waals surface area contributed by atoms with E-state index in [-0.39, 0.29) is 12.6 Å². The largest absolute Gasteiger partial charge is 0.480 e. The van der Waals surface area contributed by atoms with Crippen LogP contribution in [0.2, 0.25) is 0 Å². The fourth-order valence-electron chi connectivity index (χ4n) is 0.763. The van der Waals surface area contributed by atoms with Gasteiger partial charge < -0.3 is 21.1 Å². The Labute approximate surface area is 86.1 Å². The number of hydrogen-bond acceptors (Lipinski definition) is 7. The molecule has 8 nitrogen and oxygen atoms in total. The molecule has 0 radical (unpaired) electrons. The highest BCUT2D eigenvalue weighted by molar-refractivity contribution is 7.53. The molecule has 0 bridgehead atoms. The quantitative estimate of drug-likeness (QED) is 0.311. The van der Waals surface area contributed by atoms with Gasteiger partial charge in [0.2, 0.25) is 0 Å². The minimum Gasteiger partial charge on any atom is -0.480 e. The van der Waals surface area contributed by atoms with Crippen LogP contribution in [0.25, 0.3) is 0 Å². The number of hydrogen-bond donors (Lipinski definition) is 4. The van der Waals surface area contributed by atoms with Gasteiger partial charge in [0.05, 0.1) is 6.16 Å². The molecule has 0 unspecified atom stereocenters. The maximum absolute atomic E-state index is 11.5. The highest BCUT2D eigenvalue weighted by Gasteiger charge is 2.26. The molecule has 0 heterocycles. The topological polar surface area (TPSA) is 139 Å². The highest BCUT2D eigenvalue weighted by atomic mass is 31.2. The third-order valence-electron chi connectivity index (χ3n) is 1.54. The molecule has 0 aliphatic heterocycles. The summed E-state index contributed by atoms with van der Waals surface area (Å²) in [6.07, 6.45) is -0.436. The Bertz CT molecular complexity index is 236. The van der Waals surface area contributed by atoms with Gasteiger partial charge in [0.25, 0.3) is 0 Å². The summed E-state index contributed by atoms with van der Waals surface area (Å²) in [5.41, 5.74) is 5.16. The molecule has 0 aromatic carbocycles. The van der Waals surface area contributed by atoms with Crippen molar-refractivity contribution in [3.63, 3.8) is 0 Å². The maximum atomic E-state index is 11.5. The minimum atomic E-state index is -3.66. The smallest absolute Gasteiger partial charge is 0.334 e. The summed E-state index contributed by atoms with van der Waals surface area (Å²) >= 11 is 0. The normalized spacial score (nSPS) is 13.8. The van der Waals surface area contributed by atoms with Crippen LogP contribution in [0, 0.1) is 0 Å². The van der Waals surface area contributed by atoms with Crippen molar-refractivity contribution in [2.45, 2.75) is 12.5 Å². The van der Waals surface area contributed by atoms with Crippen LogP contribution in [0.3, 0.4) is 0 Å². The van der Waals surface area contributed by atoms with Crippen LogP contribution >= 0.6 is 7.60 Å². The van der Waals surface area contributed by atoms with Gasteiger partial charge in [-0.15, -0.1) is 0 Å². The van der Waals surface area contributed by atoms with Gasteiger partial charge in [0.1, 0.15) is 6.04 Å². The molecule has 5 N–H and O–H groups in total. The lowest BCUT2D eigenvalue weighted by Crippen LogP contribution is -2.31. The number of nitrogens with two attached hydrogens (primary N) is 1. The zero-order valence-corrected chi connectivity index (χ0v) is 8.80. The third-order valence-corrected chi connectivity index (χ3v) is 3.36. The van der Waals surface area contributed by atoms with E-state index in [1.54, 1.807) is 0 Å². The molecule has 0 rings (SSSR count). The van der Waals surface area contributed by atoms with Crippen molar-refractivity contribution in [1.82, 2.24) is 0 Å². The molecule has 0 spiro atoms. The van der Waals surface area contributed by atoms with E-state index in [0.717, 1.165) is 0 Å². The molecule has 0 saturated heterocycles. The van der Waals surface area contributed by atoms with E-state index in [9.17, 15) is 9.36 Å². The molecule has 0 aliphatic rings. The second-order valence-electron chi connectivity index (χ2n) is 2.58. The highest BCUT2D eigenvalue weighted by Crippen LogP contribution is 2.48. The zero-order chi connectivity index (χ0) is 11.9. The Kier molecular flexibility index (Phi) is 6.66. The fourth-order valence-corrected chi connectivity index (χ4v) is 2.04. The number of carboxylic acid groups (broad SMARTS) is 1. The van der Waals surface area contributed by atoms with E-state index in [1.165, 1.54) is 0 Å². The summed E-state index contributed by atoms with van der Waals surface area (Å²) in [5, 5.41) is 25.2. The van der Waals surface area contributed by atoms with Crippen LogP contribution in [0.15, 0.2) is 0 Å². The van der Waals surface area contributed by atoms with Crippen molar-refractivity contribution in [1.29, 1.82) is 0 Å². The Morgan fingerprint density at radius 1 is 1.33 bits per heavy atom. The lowest BCUT2D eigenvalue weighted by atomic mass is 10.2. The summed E-state index contributed by atoms with van der Waals surface area (Å²) in [5.74, 6) is -1.24. The molecule has 0 aromatic heterocycles. The molecule has 90 valence electrons. The van der Waals surface area contributed by atoms with Crippen LogP contribution in [-0.4, -0.2) is 47.1 Å². The molecule has 0 amide bonds.